The molecule has 8 heteroatoms. The summed E-state index contributed by atoms with van der Waals surface area (Å²) in [5.74, 6) is -2.49. The van der Waals surface area contributed by atoms with E-state index in [0.29, 0.717) is 10.4 Å². The first-order valence-corrected chi connectivity index (χ1v) is 6.57. The Balaban J connectivity index is 2.17. The normalized spacial score (nSPS) is 14.3. The smallest absolute Gasteiger partial charge is 0.363 e. The van der Waals surface area contributed by atoms with Crippen LogP contribution in [0.3, 0.4) is 0 Å². The minimum atomic E-state index is -0.848. The fourth-order valence-electron chi connectivity index (χ4n) is 1.78. The van der Waals surface area contributed by atoms with Gasteiger partial charge in [0.05, 0.1) is 18.2 Å². The Morgan fingerprint density at radius 3 is 2.29 bits per heavy atom. The highest BCUT2D eigenvalue weighted by molar-refractivity contribution is 7.27. The summed E-state index contributed by atoms with van der Waals surface area (Å²) < 4.78 is 4.59. The van der Waals surface area contributed by atoms with Crippen LogP contribution >= 0.6 is 9.24 Å². The van der Waals surface area contributed by atoms with Crippen molar-refractivity contribution in [3.63, 3.8) is 0 Å². The molecule has 21 heavy (non-hydrogen) atoms. The van der Waals surface area contributed by atoms with Gasteiger partial charge in [0.2, 0.25) is 0 Å². The van der Waals surface area contributed by atoms with Crippen molar-refractivity contribution in [3.8, 4) is 0 Å². The fourth-order valence-corrected chi connectivity index (χ4v) is 2.17. The molecule has 0 N–H and O–H groups in total. The number of imide groups is 1. The summed E-state index contributed by atoms with van der Waals surface area (Å²) >= 11 is 0. The molecule has 1 aliphatic heterocycles. The van der Waals surface area contributed by atoms with Crippen LogP contribution < -0.4 is 5.30 Å². The van der Waals surface area contributed by atoms with E-state index in [4.69, 9.17) is 4.84 Å². The SMILES string of the molecule is COC(=O)c1ccc(C(=O)ON2C(=O)CCC2=O)cc1P. The second-order valence-electron chi connectivity index (χ2n) is 4.25. The molecule has 7 nitrogen and oxygen atoms in total. The van der Waals surface area contributed by atoms with E-state index in [1.807, 2.05) is 0 Å². The molecule has 110 valence electrons. The minimum Gasteiger partial charge on any atom is -0.465 e. The van der Waals surface area contributed by atoms with Crippen molar-refractivity contribution in [2.45, 2.75) is 12.8 Å². The lowest BCUT2D eigenvalue weighted by Crippen LogP contribution is -2.32. The van der Waals surface area contributed by atoms with Gasteiger partial charge in [-0.2, -0.15) is 0 Å². The summed E-state index contributed by atoms with van der Waals surface area (Å²) in [4.78, 5) is 50.8. The van der Waals surface area contributed by atoms with Crippen LogP contribution in [0.15, 0.2) is 18.2 Å². The molecule has 1 saturated heterocycles. The third kappa shape index (κ3) is 3.08. The Labute approximate surface area is 122 Å². The van der Waals surface area contributed by atoms with Crippen LogP contribution in [-0.2, 0) is 19.2 Å². The molecule has 1 heterocycles. The van der Waals surface area contributed by atoms with E-state index in [9.17, 15) is 19.2 Å². The minimum absolute atomic E-state index is 0.0300. The van der Waals surface area contributed by atoms with Crippen LogP contribution in [0.1, 0.15) is 33.6 Å². The van der Waals surface area contributed by atoms with E-state index in [2.05, 4.69) is 14.0 Å². The van der Waals surface area contributed by atoms with Gasteiger partial charge in [-0.1, -0.05) is 0 Å². The van der Waals surface area contributed by atoms with Crippen molar-refractivity contribution in [1.29, 1.82) is 0 Å². The summed E-state index contributed by atoms with van der Waals surface area (Å²) in [7, 11) is 3.55. The molecule has 1 aromatic carbocycles. The fraction of sp³-hybridized carbons (Fsp3) is 0.231. The lowest BCUT2D eigenvalue weighted by atomic mass is 10.1. The van der Waals surface area contributed by atoms with Crippen LogP contribution in [0.2, 0.25) is 0 Å². The van der Waals surface area contributed by atoms with Crippen molar-refractivity contribution in [2.75, 3.05) is 7.11 Å². The summed E-state index contributed by atoms with van der Waals surface area (Å²) in [6.07, 6.45) is 0.0601. The molecule has 0 bridgehead atoms. The summed E-state index contributed by atoms with van der Waals surface area (Å²) in [6, 6.07) is 4.15. The largest absolute Gasteiger partial charge is 0.465 e. The molecule has 1 aliphatic rings. The third-order valence-corrected chi connectivity index (χ3v) is 3.35. The van der Waals surface area contributed by atoms with E-state index in [-0.39, 0.29) is 24.0 Å². The number of rotatable bonds is 3. The van der Waals surface area contributed by atoms with Crippen molar-refractivity contribution in [1.82, 2.24) is 5.06 Å². The molecule has 0 radical (unpaired) electrons. The number of benzene rings is 1. The maximum absolute atomic E-state index is 11.9. The molecule has 2 rings (SSSR count). The van der Waals surface area contributed by atoms with E-state index < -0.39 is 23.8 Å². The molecule has 0 aromatic heterocycles. The summed E-state index contributed by atoms with van der Waals surface area (Å²) in [5, 5.41) is 0.911. The van der Waals surface area contributed by atoms with Crippen LogP contribution in [0.25, 0.3) is 0 Å². The predicted octanol–water partition coefficient (Wildman–Crippen LogP) is 0.194. The standard InChI is InChI=1S/C13H12NO6P/c1-19-13(18)8-3-2-7(6-9(8)21)12(17)20-14-10(15)4-5-11(14)16/h2-3,6H,4-5,21H2,1H3. The summed E-state index contributed by atoms with van der Waals surface area (Å²) in [6.45, 7) is 0. The zero-order valence-electron chi connectivity index (χ0n) is 11.1. The maximum atomic E-state index is 11.9. The van der Waals surface area contributed by atoms with Gasteiger partial charge in [-0.25, -0.2) is 9.59 Å². The van der Waals surface area contributed by atoms with E-state index in [1.165, 1.54) is 25.3 Å². The number of esters is 1. The van der Waals surface area contributed by atoms with Gasteiger partial charge < -0.3 is 9.57 Å². The molecule has 2 amide bonds. The average Bonchev–Trinajstić information content (AvgIpc) is 2.78. The van der Waals surface area contributed by atoms with Gasteiger partial charge in [-0.05, 0) is 23.5 Å². The summed E-state index contributed by atoms with van der Waals surface area (Å²) in [5.41, 5.74) is 0.396. The van der Waals surface area contributed by atoms with Gasteiger partial charge in [-0.15, -0.1) is 14.3 Å². The number of hydrogen-bond acceptors (Lipinski definition) is 6. The highest BCUT2D eigenvalue weighted by Gasteiger charge is 2.33. The van der Waals surface area contributed by atoms with E-state index >= 15 is 0 Å². The monoisotopic (exact) mass is 309 g/mol. The van der Waals surface area contributed by atoms with Gasteiger partial charge in [0, 0.05) is 12.8 Å². The highest BCUT2D eigenvalue weighted by Crippen LogP contribution is 2.15. The third-order valence-electron chi connectivity index (χ3n) is 2.87. The number of hydroxylamine groups is 2. The van der Waals surface area contributed by atoms with Gasteiger partial charge in [-0.3, -0.25) is 9.59 Å². The van der Waals surface area contributed by atoms with Crippen molar-refractivity contribution in [2.24, 2.45) is 0 Å². The van der Waals surface area contributed by atoms with E-state index in [0.717, 1.165) is 0 Å². The lowest BCUT2D eigenvalue weighted by Gasteiger charge is -2.13. The zero-order chi connectivity index (χ0) is 15.6. The van der Waals surface area contributed by atoms with Crippen molar-refractivity contribution >= 4 is 38.3 Å². The Hall–Kier alpha value is -2.27. The molecule has 1 fully saturated rings. The highest BCUT2D eigenvalue weighted by atomic mass is 31.0. The van der Waals surface area contributed by atoms with Crippen LogP contribution in [-0.4, -0.2) is 35.9 Å². The number of carbonyl (C=O) groups excluding carboxylic acids is 4. The first kappa shape index (κ1) is 15.1. The van der Waals surface area contributed by atoms with Gasteiger partial charge in [0.25, 0.3) is 11.8 Å². The Bertz CT molecular complexity index is 626. The first-order valence-electron chi connectivity index (χ1n) is 6.00. The predicted molar refractivity (Wildman–Crippen MR) is 73.6 cm³/mol. The number of amides is 2. The molecular weight excluding hydrogens is 297 g/mol. The second kappa shape index (κ2) is 6.01. The molecule has 0 spiro atoms. The molecule has 0 aliphatic carbocycles. The number of methoxy groups -OCH3 is 1. The van der Waals surface area contributed by atoms with Gasteiger partial charge >= 0.3 is 11.9 Å². The molecule has 1 unspecified atom stereocenters. The van der Waals surface area contributed by atoms with Crippen molar-refractivity contribution < 1.29 is 28.8 Å². The molecule has 1 aromatic rings. The number of carbonyl (C=O) groups is 4. The van der Waals surface area contributed by atoms with E-state index in [1.54, 1.807) is 0 Å². The second-order valence-corrected chi connectivity index (χ2v) is 4.88. The average molecular weight is 309 g/mol. The van der Waals surface area contributed by atoms with Gasteiger partial charge in [0.1, 0.15) is 0 Å². The zero-order valence-corrected chi connectivity index (χ0v) is 12.3. The quantitative estimate of drug-likeness (QED) is 0.450. The Morgan fingerprint density at radius 1 is 1.14 bits per heavy atom. The Morgan fingerprint density at radius 2 is 1.76 bits per heavy atom. The first-order chi connectivity index (χ1) is 9.93. The molecule has 1 atom stereocenters. The van der Waals surface area contributed by atoms with Crippen LogP contribution in [0.5, 0.6) is 0 Å². The van der Waals surface area contributed by atoms with Crippen LogP contribution in [0, 0.1) is 0 Å². The molecule has 0 saturated carbocycles. The number of nitrogens with zero attached hydrogens (tertiary/aromatic N) is 1. The molecular formula is C13H12NO6P. The lowest BCUT2D eigenvalue weighted by molar-refractivity contribution is -0.172. The maximum Gasteiger partial charge on any atom is 0.363 e. The number of hydrogen-bond donors (Lipinski definition) is 0. The van der Waals surface area contributed by atoms with Gasteiger partial charge in [0.15, 0.2) is 0 Å². The number of ether oxygens (including phenoxy) is 1. The topological polar surface area (TPSA) is 90.0 Å². The van der Waals surface area contributed by atoms with Crippen molar-refractivity contribution in [3.05, 3.63) is 29.3 Å². The Kier molecular flexibility index (Phi) is 4.33. The van der Waals surface area contributed by atoms with Crippen LogP contribution in [0.4, 0.5) is 0 Å².